The number of primary amides is 1. The van der Waals surface area contributed by atoms with Crippen LogP contribution in [0, 0.1) is 0 Å². The molecule has 0 bridgehead atoms. The molecule has 14 heavy (non-hydrogen) atoms. The van der Waals surface area contributed by atoms with Crippen LogP contribution in [-0.4, -0.2) is 25.3 Å². The molecule has 1 amide bonds. The van der Waals surface area contributed by atoms with Crippen LogP contribution in [0.5, 0.6) is 0 Å². The summed E-state index contributed by atoms with van der Waals surface area (Å²) in [6, 6.07) is -0.429. The minimum absolute atomic E-state index is 0.375. The van der Waals surface area contributed by atoms with E-state index < -0.39 is 11.9 Å². The van der Waals surface area contributed by atoms with Gasteiger partial charge in [-0.25, -0.2) is 4.99 Å². The van der Waals surface area contributed by atoms with Gasteiger partial charge in [0.1, 0.15) is 0 Å². The molecule has 5 nitrogen and oxygen atoms in total. The average molecular weight is 200 g/mol. The number of likely N-dealkylation sites (N-methyl/N-ethyl adjacent to an activating group) is 1. The van der Waals surface area contributed by atoms with Gasteiger partial charge in [0, 0.05) is 12.1 Å². The fraction of sp³-hybridized carbons (Fsp3) is 0.556. The lowest BCUT2D eigenvalue weighted by molar-refractivity contribution is -0.119. The Hall–Kier alpha value is -1.36. The molecule has 5 heteroatoms. The monoisotopic (exact) mass is 200 g/mol. The molecule has 0 heterocycles. The summed E-state index contributed by atoms with van der Waals surface area (Å²) < 4.78 is 0. The van der Waals surface area contributed by atoms with E-state index in [0.29, 0.717) is 12.1 Å². The zero-order valence-corrected chi connectivity index (χ0v) is 9.08. The van der Waals surface area contributed by atoms with E-state index in [1.807, 2.05) is 13.8 Å². The number of rotatable bonds is 5. The van der Waals surface area contributed by atoms with Gasteiger partial charge in [0.15, 0.2) is 0 Å². The van der Waals surface area contributed by atoms with Crippen LogP contribution in [0.15, 0.2) is 17.3 Å². The van der Waals surface area contributed by atoms with Crippen molar-refractivity contribution in [3.05, 3.63) is 12.3 Å². The third kappa shape index (κ3) is 7.30. The molecule has 0 saturated heterocycles. The van der Waals surface area contributed by atoms with Crippen LogP contribution in [0.3, 0.4) is 0 Å². The predicted molar refractivity (Wildman–Crippen MR) is 59.8 cm³/mol. The van der Waals surface area contributed by atoms with Crippen LogP contribution >= 0.6 is 0 Å². The summed E-state index contributed by atoms with van der Waals surface area (Å²) in [5.74, 6) is -0.425. The molecule has 0 aliphatic carbocycles. The Morgan fingerprint density at radius 3 is 2.43 bits per heavy atom. The molecule has 0 aromatic carbocycles. The van der Waals surface area contributed by atoms with Crippen molar-refractivity contribution in [2.75, 3.05) is 7.05 Å². The Bertz CT molecular complexity index is 201. The van der Waals surface area contributed by atoms with Crippen molar-refractivity contribution in [1.29, 1.82) is 0 Å². The van der Waals surface area contributed by atoms with Crippen molar-refractivity contribution in [2.24, 2.45) is 16.5 Å². The van der Waals surface area contributed by atoms with Crippen molar-refractivity contribution in [1.82, 2.24) is 5.32 Å². The quantitative estimate of drug-likeness (QED) is 0.430. The van der Waals surface area contributed by atoms with Crippen molar-refractivity contribution in [2.45, 2.75) is 26.3 Å². The lowest BCUT2D eigenvalue weighted by Gasteiger charge is -2.10. The Morgan fingerprint density at radius 2 is 2.14 bits per heavy atom. The lowest BCUT2D eigenvalue weighted by Crippen LogP contribution is -2.39. The third-order valence-corrected chi connectivity index (χ3v) is 1.39. The summed E-state index contributed by atoms with van der Waals surface area (Å²) >= 11 is 0. The van der Waals surface area contributed by atoms with Gasteiger partial charge < -0.3 is 16.8 Å². The largest absolute Gasteiger partial charge is 0.390 e. The molecule has 0 fully saturated rings. The van der Waals surface area contributed by atoms with E-state index in [9.17, 15) is 4.79 Å². The Balaban J connectivity index is 0. The Morgan fingerprint density at radius 1 is 1.64 bits per heavy atom. The summed E-state index contributed by atoms with van der Waals surface area (Å²) in [6.07, 6.45) is 1.51. The van der Waals surface area contributed by atoms with Gasteiger partial charge in [-0.05, 0) is 7.05 Å². The second kappa shape index (κ2) is 9.73. The van der Waals surface area contributed by atoms with E-state index in [-0.39, 0.29) is 0 Å². The van der Waals surface area contributed by atoms with Gasteiger partial charge in [-0.3, -0.25) is 4.79 Å². The first-order valence-corrected chi connectivity index (χ1v) is 4.50. The molecule has 0 radical (unpaired) electrons. The molecule has 0 aliphatic rings. The SMILES string of the molecule is C=C(CC(NC)C(N)=O)N=CN.CC. The topological polar surface area (TPSA) is 93.5 Å². The maximum atomic E-state index is 10.7. The first-order valence-electron chi connectivity index (χ1n) is 4.50. The van der Waals surface area contributed by atoms with Gasteiger partial charge in [-0.15, -0.1) is 0 Å². The maximum Gasteiger partial charge on any atom is 0.234 e. The average Bonchev–Trinajstić information content (AvgIpc) is 2.17. The van der Waals surface area contributed by atoms with Crippen LogP contribution in [0.4, 0.5) is 0 Å². The molecule has 82 valence electrons. The number of amides is 1. The second-order valence-corrected chi connectivity index (χ2v) is 2.29. The number of carbonyl (C=O) groups excluding carboxylic acids is 1. The van der Waals surface area contributed by atoms with Gasteiger partial charge in [-0.1, -0.05) is 20.4 Å². The van der Waals surface area contributed by atoms with Gasteiger partial charge >= 0.3 is 0 Å². The van der Waals surface area contributed by atoms with Crippen LogP contribution in [0.25, 0.3) is 0 Å². The summed E-state index contributed by atoms with van der Waals surface area (Å²) in [5, 5.41) is 2.74. The highest BCUT2D eigenvalue weighted by atomic mass is 16.1. The molecule has 5 N–H and O–H groups in total. The van der Waals surface area contributed by atoms with Crippen LogP contribution in [-0.2, 0) is 4.79 Å². The fourth-order valence-electron chi connectivity index (χ4n) is 0.739. The van der Waals surface area contributed by atoms with Crippen molar-refractivity contribution >= 4 is 12.2 Å². The first kappa shape index (κ1) is 15.1. The van der Waals surface area contributed by atoms with E-state index >= 15 is 0 Å². The molecule has 0 spiro atoms. The molecule has 0 aromatic heterocycles. The highest BCUT2D eigenvalue weighted by Crippen LogP contribution is 2.02. The smallest absolute Gasteiger partial charge is 0.234 e. The summed E-state index contributed by atoms with van der Waals surface area (Å²) in [5.41, 5.74) is 10.6. The Kier molecular flexibility index (Phi) is 10.5. The predicted octanol–water partition coefficient (Wildman–Crippen LogP) is -0.0233. The second-order valence-electron chi connectivity index (χ2n) is 2.29. The number of nitrogens with two attached hydrogens (primary N) is 2. The fourth-order valence-corrected chi connectivity index (χ4v) is 0.739. The van der Waals surface area contributed by atoms with Crippen LogP contribution < -0.4 is 16.8 Å². The van der Waals surface area contributed by atoms with Crippen LogP contribution in [0.1, 0.15) is 20.3 Å². The van der Waals surface area contributed by atoms with E-state index in [2.05, 4.69) is 16.9 Å². The first-order chi connectivity index (χ1) is 6.61. The maximum absolute atomic E-state index is 10.7. The Labute approximate surface area is 85.3 Å². The summed E-state index contributed by atoms with van der Waals surface area (Å²) in [6.45, 7) is 7.59. The molecule has 1 atom stereocenters. The number of hydrogen-bond donors (Lipinski definition) is 3. The van der Waals surface area contributed by atoms with Crippen molar-refractivity contribution in [3.8, 4) is 0 Å². The number of nitrogens with zero attached hydrogens (tertiary/aromatic N) is 1. The van der Waals surface area contributed by atoms with Crippen molar-refractivity contribution < 1.29 is 4.79 Å². The number of aliphatic imine (C=N–C) groups is 1. The van der Waals surface area contributed by atoms with E-state index in [0.717, 1.165) is 6.34 Å². The minimum Gasteiger partial charge on any atom is -0.390 e. The van der Waals surface area contributed by atoms with E-state index in [1.165, 1.54) is 0 Å². The number of hydrogen-bond acceptors (Lipinski definition) is 3. The molecular weight excluding hydrogens is 180 g/mol. The van der Waals surface area contributed by atoms with Gasteiger partial charge in [0.2, 0.25) is 5.91 Å². The number of nitrogens with one attached hydrogen (secondary N) is 1. The zero-order chi connectivity index (χ0) is 11.6. The van der Waals surface area contributed by atoms with E-state index in [1.54, 1.807) is 7.05 Å². The van der Waals surface area contributed by atoms with Gasteiger partial charge in [-0.2, -0.15) is 0 Å². The number of carbonyl (C=O) groups is 1. The van der Waals surface area contributed by atoms with E-state index in [4.69, 9.17) is 11.5 Å². The highest BCUT2D eigenvalue weighted by molar-refractivity contribution is 5.80. The molecular formula is C9H20N4O. The van der Waals surface area contributed by atoms with Crippen molar-refractivity contribution in [3.63, 3.8) is 0 Å². The normalized spacial score (nSPS) is 11.6. The molecule has 0 saturated carbocycles. The molecule has 0 rings (SSSR count). The zero-order valence-electron chi connectivity index (χ0n) is 9.08. The molecule has 1 unspecified atom stereocenters. The molecule has 0 aliphatic heterocycles. The summed E-state index contributed by atoms with van der Waals surface area (Å²) in [4.78, 5) is 14.4. The standard InChI is InChI=1S/C7H14N4O.C2H6/c1-5(11-4-8)3-6(10-2)7(9)12;1-2/h4,6,10H,1,3H2,2H3,(H2,8,11)(H2,9,12);1-2H3. The molecule has 0 aromatic rings. The summed E-state index contributed by atoms with van der Waals surface area (Å²) in [7, 11) is 1.65. The third-order valence-electron chi connectivity index (χ3n) is 1.39. The van der Waals surface area contributed by atoms with Crippen LogP contribution in [0.2, 0.25) is 0 Å². The highest BCUT2D eigenvalue weighted by Gasteiger charge is 2.12. The minimum atomic E-state index is -0.429. The van der Waals surface area contributed by atoms with Gasteiger partial charge in [0.05, 0.1) is 12.4 Å². The lowest BCUT2D eigenvalue weighted by atomic mass is 10.1. The van der Waals surface area contributed by atoms with Gasteiger partial charge in [0.25, 0.3) is 0 Å².